The molecule has 0 aliphatic carbocycles. The molecule has 10 heteroatoms. The van der Waals surface area contributed by atoms with E-state index in [0.29, 0.717) is 12.8 Å². The number of nitrogens with one attached hydrogen (secondary N) is 1. The van der Waals surface area contributed by atoms with Crippen LogP contribution in [0.4, 0.5) is 0 Å². The van der Waals surface area contributed by atoms with Crippen LogP contribution in [0.2, 0.25) is 0 Å². The van der Waals surface area contributed by atoms with Gasteiger partial charge >= 0.3 is 13.8 Å². The molecule has 0 radical (unpaired) electrons. The van der Waals surface area contributed by atoms with Crippen LogP contribution in [0.15, 0.2) is 0 Å². The number of hydrogen-bond acceptors (Lipinski definition) is 7. The first kappa shape index (κ1) is 53.0. The monoisotopic (exact) mass is 790 g/mol. The molecule has 0 rings (SSSR count). The summed E-state index contributed by atoms with van der Waals surface area (Å²) < 4.78 is 26.9. The Kier molecular flexibility index (Phi) is 40.9. The molecule has 0 saturated carbocycles. The highest BCUT2D eigenvalue weighted by Crippen LogP contribution is 2.42. The first-order chi connectivity index (χ1) is 26.3. The molecule has 0 heterocycles. The lowest BCUT2D eigenvalue weighted by atomic mass is 10.0. The molecule has 2 unspecified atom stereocenters. The highest BCUT2D eigenvalue weighted by atomic mass is 31.2. The van der Waals surface area contributed by atoms with E-state index in [2.05, 4.69) is 19.2 Å². The Balaban J connectivity index is 3.49. The number of rotatable bonds is 44. The molecule has 0 fully saturated rings. The highest BCUT2D eigenvalue weighted by molar-refractivity contribution is 7.47. The van der Waals surface area contributed by atoms with Crippen LogP contribution in [0.5, 0.6) is 0 Å². The van der Waals surface area contributed by atoms with Gasteiger partial charge in [-0.05, 0) is 12.8 Å². The Labute approximate surface area is 333 Å². The molecule has 9 nitrogen and oxygen atoms in total. The fourth-order valence-electron chi connectivity index (χ4n) is 6.79. The van der Waals surface area contributed by atoms with E-state index in [0.717, 1.165) is 38.5 Å². The topological polar surface area (TPSA) is 131 Å². The zero-order chi connectivity index (χ0) is 39.6. The number of carbonyl (C=O) groups is 2. The fraction of sp³-hybridized carbons (Fsp3) is 0.955. The molecular formula is C44H88NO8P. The van der Waals surface area contributed by atoms with Gasteiger partial charge < -0.3 is 20.1 Å². The van der Waals surface area contributed by atoms with Crippen LogP contribution in [-0.4, -0.2) is 54.3 Å². The number of carbonyl (C=O) groups excluding carboxylic acids is 2. The molecular weight excluding hydrogens is 701 g/mol. The number of amides is 1. The Bertz CT molecular complexity index is 860. The Morgan fingerprint density at radius 1 is 0.500 bits per heavy atom. The van der Waals surface area contributed by atoms with Crippen LogP contribution < -0.4 is 5.32 Å². The molecule has 322 valence electrons. The number of hydrogen-bond donors (Lipinski definition) is 3. The summed E-state index contributed by atoms with van der Waals surface area (Å²) in [5.41, 5.74) is 0. The van der Waals surface area contributed by atoms with Gasteiger partial charge in [0.25, 0.3) is 0 Å². The van der Waals surface area contributed by atoms with Gasteiger partial charge in [-0.25, -0.2) is 4.57 Å². The van der Waals surface area contributed by atoms with Crippen LogP contribution >= 0.6 is 7.82 Å². The minimum atomic E-state index is -4.40. The molecule has 0 bridgehead atoms. The van der Waals surface area contributed by atoms with E-state index in [1.54, 1.807) is 0 Å². The van der Waals surface area contributed by atoms with E-state index >= 15 is 0 Å². The largest absolute Gasteiger partial charge is 0.472 e. The van der Waals surface area contributed by atoms with Crippen molar-refractivity contribution < 1.29 is 37.9 Å². The van der Waals surface area contributed by atoms with Gasteiger partial charge in [0.05, 0.1) is 13.2 Å². The van der Waals surface area contributed by atoms with Gasteiger partial charge in [-0.3, -0.25) is 18.6 Å². The normalized spacial score (nSPS) is 13.2. The van der Waals surface area contributed by atoms with E-state index in [9.17, 15) is 24.2 Å². The van der Waals surface area contributed by atoms with Crippen LogP contribution in [0, 0.1) is 0 Å². The average molecular weight is 790 g/mol. The van der Waals surface area contributed by atoms with Crippen molar-refractivity contribution in [1.82, 2.24) is 5.32 Å². The van der Waals surface area contributed by atoms with Gasteiger partial charge in [0.15, 0.2) is 0 Å². The minimum Gasteiger partial charge on any atom is -0.463 e. The average Bonchev–Trinajstić information content (AvgIpc) is 3.16. The maximum atomic E-state index is 12.1. The molecule has 0 aromatic rings. The Hall–Kier alpha value is -0.990. The van der Waals surface area contributed by atoms with Crippen LogP contribution in [0.1, 0.15) is 239 Å². The molecule has 1 amide bonds. The number of phosphoric ester groups is 1. The van der Waals surface area contributed by atoms with Crippen molar-refractivity contribution in [1.29, 1.82) is 0 Å². The molecule has 3 N–H and O–H groups in total. The summed E-state index contributed by atoms with van der Waals surface area (Å²) >= 11 is 0. The lowest BCUT2D eigenvalue weighted by Crippen LogP contribution is -2.27. The van der Waals surface area contributed by atoms with Crippen LogP contribution in [-0.2, 0) is 27.9 Å². The molecule has 0 aliphatic rings. The zero-order valence-electron chi connectivity index (χ0n) is 35.4. The first-order valence-electron chi connectivity index (χ1n) is 23.0. The van der Waals surface area contributed by atoms with E-state index in [1.165, 1.54) is 173 Å². The standard InChI is InChI=1S/C44H88NO8P/c1-3-5-7-9-11-13-15-16-17-18-19-20-21-22-23-24-25-26-27-29-31-33-35-37-44(48)51-40-42(46)41-53-54(49,50)52-39-38-45-43(47)36-34-32-30-28-14-12-10-8-6-4-2/h42,46H,3-41H2,1-2H3,(H,45,47)(H,49,50). The minimum absolute atomic E-state index is 0.0876. The lowest BCUT2D eigenvalue weighted by molar-refractivity contribution is -0.147. The molecule has 0 aromatic heterocycles. The van der Waals surface area contributed by atoms with Crippen molar-refractivity contribution in [3.05, 3.63) is 0 Å². The summed E-state index contributed by atoms with van der Waals surface area (Å²) in [4.78, 5) is 33.8. The molecule has 0 aromatic carbocycles. The highest BCUT2D eigenvalue weighted by Gasteiger charge is 2.23. The third-order valence-electron chi connectivity index (χ3n) is 10.3. The number of aliphatic hydroxyl groups is 1. The van der Waals surface area contributed by atoms with Crippen molar-refractivity contribution in [2.24, 2.45) is 0 Å². The fourth-order valence-corrected chi connectivity index (χ4v) is 7.55. The zero-order valence-corrected chi connectivity index (χ0v) is 36.3. The maximum absolute atomic E-state index is 12.1. The van der Waals surface area contributed by atoms with Crippen LogP contribution in [0.3, 0.4) is 0 Å². The van der Waals surface area contributed by atoms with Crippen LogP contribution in [0.25, 0.3) is 0 Å². The van der Waals surface area contributed by atoms with Gasteiger partial charge in [0.1, 0.15) is 12.7 Å². The van der Waals surface area contributed by atoms with E-state index < -0.39 is 26.5 Å². The van der Waals surface area contributed by atoms with Gasteiger partial charge in [0, 0.05) is 19.4 Å². The quantitative estimate of drug-likeness (QED) is 0.0316. The summed E-state index contributed by atoms with van der Waals surface area (Å²) in [6.07, 6.45) is 41.9. The lowest BCUT2D eigenvalue weighted by Gasteiger charge is -2.15. The van der Waals surface area contributed by atoms with Crippen molar-refractivity contribution in [2.75, 3.05) is 26.4 Å². The second kappa shape index (κ2) is 41.6. The number of ether oxygens (including phenoxy) is 1. The smallest absolute Gasteiger partial charge is 0.463 e. The van der Waals surface area contributed by atoms with E-state index in [-0.39, 0.29) is 25.7 Å². The van der Waals surface area contributed by atoms with Crippen molar-refractivity contribution in [2.45, 2.75) is 245 Å². The number of aliphatic hydroxyl groups excluding tert-OH is 1. The molecule has 54 heavy (non-hydrogen) atoms. The number of esters is 1. The predicted molar refractivity (Wildman–Crippen MR) is 225 cm³/mol. The van der Waals surface area contributed by atoms with E-state index in [4.69, 9.17) is 13.8 Å². The summed E-state index contributed by atoms with van der Waals surface area (Å²) in [5, 5.41) is 12.7. The summed E-state index contributed by atoms with van der Waals surface area (Å²) in [6.45, 7) is 3.58. The second-order valence-electron chi connectivity index (χ2n) is 15.7. The predicted octanol–water partition coefficient (Wildman–Crippen LogP) is 12.8. The van der Waals surface area contributed by atoms with Crippen molar-refractivity contribution in [3.63, 3.8) is 0 Å². The summed E-state index contributed by atoms with van der Waals surface area (Å²) in [5.74, 6) is -0.505. The van der Waals surface area contributed by atoms with Gasteiger partial charge in [0.2, 0.25) is 5.91 Å². The SMILES string of the molecule is CCCCCCCCCCCCCCCCCCCCCCCCCC(=O)OCC(O)COP(=O)(O)OCCNC(=O)CCCCCCCCCCCC. The Morgan fingerprint density at radius 2 is 0.833 bits per heavy atom. The summed E-state index contributed by atoms with van der Waals surface area (Å²) in [6, 6.07) is 0. The maximum Gasteiger partial charge on any atom is 0.472 e. The van der Waals surface area contributed by atoms with E-state index in [1.807, 2.05) is 0 Å². The van der Waals surface area contributed by atoms with Crippen molar-refractivity contribution >= 4 is 19.7 Å². The third kappa shape index (κ3) is 42.2. The number of phosphoric acid groups is 1. The molecule has 0 aliphatic heterocycles. The van der Waals surface area contributed by atoms with Gasteiger partial charge in [-0.1, -0.05) is 213 Å². The second-order valence-corrected chi connectivity index (χ2v) is 17.2. The Morgan fingerprint density at radius 3 is 1.20 bits per heavy atom. The third-order valence-corrected chi connectivity index (χ3v) is 11.3. The molecule has 0 spiro atoms. The van der Waals surface area contributed by atoms with Gasteiger partial charge in [-0.2, -0.15) is 0 Å². The number of unbranched alkanes of at least 4 members (excludes halogenated alkanes) is 31. The summed E-state index contributed by atoms with van der Waals surface area (Å²) in [7, 11) is -4.40. The molecule has 0 saturated heterocycles. The first-order valence-corrected chi connectivity index (χ1v) is 24.5. The van der Waals surface area contributed by atoms with Gasteiger partial charge in [-0.15, -0.1) is 0 Å². The molecule has 2 atom stereocenters. The van der Waals surface area contributed by atoms with Crippen molar-refractivity contribution in [3.8, 4) is 0 Å².